The van der Waals surface area contributed by atoms with Crippen LogP contribution in [0.15, 0.2) is 59.4 Å². The second-order valence-electron chi connectivity index (χ2n) is 5.58. The van der Waals surface area contributed by atoms with Gasteiger partial charge in [-0.3, -0.25) is 4.79 Å². The van der Waals surface area contributed by atoms with Crippen molar-refractivity contribution in [3.8, 4) is 22.9 Å². The minimum absolute atomic E-state index is 0.0383. The number of carbonyl (C=O) groups is 1. The largest absolute Gasteiger partial charge is 0.423 e. The minimum Gasteiger partial charge on any atom is -0.423 e. The van der Waals surface area contributed by atoms with E-state index in [9.17, 15) is 14.9 Å². The minimum atomic E-state index is -0.562. The van der Waals surface area contributed by atoms with Crippen LogP contribution in [0.2, 0.25) is 5.02 Å². The zero-order chi connectivity index (χ0) is 18.7. The van der Waals surface area contributed by atoms with Crippen molar-refractivity contribution in [1.29, 1.82) is 5.26 Å². The Balaban J connectivity index is 1.89. The Morgan fingerprint density at radius 1 is 1.15 bits per heavy atom. The Morgan fingerprint density at radius 3 is 2.50 bits per heavy atom. The van der Waals surface area contributed by atoms with Gasteiger partial charge in [-0.1, -0.05) is 35.9 Å². The monoisotopic (exact) mass is 364 g/mol. The summed E-state index contributed by atoms with van der Waals surface area (Å²) in [4.78, 5) is 26.7. The molecule has 3 rings (SSSR count). The standard InChI is InChI=1S/C20H13ClN2O3/c1-12-10-16(17(11-22)19(24)23-12)13-6-8-14(9-7-13)26-20(25)15-4-2-3-5-18(15)21/h2-10H,1H3,(H,23,24). The summed E-state index contributed by atoms with van der Waals surface area (Å²) < 4.78 is 5.32. The van der Waals surface area contributed by atoms with Crippen LogP contribution in [-0.2, 0) is 0 Å². The first-order valence-corrected chi connectivity index (χ1v) is 8.08. The Hall–Kier alpha value is -3.36. The average Bonchev–Trinajstić information content (AvgIpc) is 2.62. The summed E-state index contributed by atoms with van der Waals surface area (Å²) in [6.07, 6.45) is 0. The number of nitrogens with zero attached hydrogens (tertiary/aromatic N) is 1. The third-order valence-corrected chi connectivity index (χ3v) is 4.08. The molecule has 0 atom stereocenters. The van der Waals surface area contributed by atoms with Crippen molar-refractivity contribution in [3.63, 3.8) is 0 Å². The number of H-pyrrole nitrogens is 1. The van der Waals surface area contributed by atoms with Gasteiger partial charge in [-0.05, 0) is 42.8 Å². The number of ether oxygens (including phenoxy) is 1. The number of rotatable bonds is 3. The number of nitriles is 1. The number of pyridine rings is 1. The predicted molar refractivity (Wildman–Crippen MR) is 98.4 cm³/mol. The molecule has 0 radical (unpaired) electrons. The van der Waals surface area contributed by atoms with Gasteiger partial charge in [0.2, 0.25) is 0 Å². The van der Waals surface area contributed by atoms with E-state index >= 15 is 0 Å². The maximum Gasteiger partial charge on any atom is 0.345 e. The molecule has 1 N–H and O–H groups in total. The molecule has 0 bridgehead atoms. The Bertz CT molecular complexity index is 1080. The Morgan fingerprint density at radius 2 is 1.85 bits per heavy atom. The van der Waals surface area contributed by atoms with Gasteiger partial charge >= 0.3 is 5.97 Å². The van der Waals surface area contributed by atoms with E-state index in [2.05, 4.69) is 4.98 Å². The van der Waals surface area contributed by atoms with Crippen molar-refractivity contribution in [2.24, 2.45) is 0 Å². The predicted octanol–water partition coefficient (Wildman–Crippen LogP) is 4.09. The highest BCUT2D eigenvalue weighted by Gasteiger charge is 2.13. The topological polar surface area (TPSA) is 82.9 Å². The van der Waals surface area contributed by atoms with Crippen LogP contribution in [0, 0.1) is 18.3 Å². The Kier molecular flexibility index (Phi) is 4.87. The molecule has 3 aromatic rings. The van der Waals surface area contributed by atoms with Crippen LogP contribution in [0.4, 0.5) is 0 Å². The molecule has 0 aliphatic carbocycles. The molecular formula is C20H13ClN2O3. The number of aromatic amines is 1. The molecule has 1 heterocycles. The number of benzene rings is 2. The van der Waals surface area contributed by atoms with Gasteiger partial charge in [0, 0.05) is 11.3 Å². The number of carbonyl (C=O) groups excluding carboxylic acids is 1. The van der Waals surface area contributed by atoms with Gasteiger partial charge in [-0.2, -0.15) is 5.26 Å². The van der Waals surface area contributed by atoms with Crippen molar-refractivity contribution < 1.29 is 9.53 Å². The van der Waals surface area contributed by atoms with Gasteiger partial charge in [0.1, 0.15) is 17.4 Å². The average molecular weight is 365 g/mol. The molecular weight excluding hydrogens is 352 g/mol. The zero-order valence-electron chi connectivity index (χ0n) is 13.7. The van der Waals surface area contributed by atoms with Crippen LogP contribution < -0.4 is 10.3 Å². The maximum atomic E-state index is 12.2. The molecule has 0 unspecified atom stereocenters. The lowest BCUT2D eigenvalue weighted by Crippen LogP contribution is -2.12. The highest BCUT2D eigenvalue weighted by atomic mass is 35.5. The van der Waals surface area contributed by atoms with E-state index in [0.29, 0.717) is 27.6 Å². The van der Waals surface area contributed by atoms with Crippen molar-refractivity contribution >= 4 is 17.6 Å². The number of esters is 1. The molecule has 1 aromatic heterocycles. The maximum absolute atomic E-state index is 12.2. The molecule has 26 heavy (non-hydrogen) atoms. The van der Waals surface area contributed by atoms with E-state index in [-0.39, 0.29) is 11.1 Å². The molecule has 6 heteroatoms. The summed E-state index contributed by atoms with van der Waals surface area (Å²) in [6, 6.07) is 16.8. The molecule has 0 aliphatic rings. The fourth-order valence-electron chi connectivity index (χ4n) is 2.52. The number of halogens is 1. The zero-order valence-corrected chi connectivity index (χ0v) is 14.5. The molecule has 0 saturated carbocycles. The molecule has 2 aromatic carbocycles. The second-order valence-corrected chi connectivity index (χ2v) is 5.98. The van der Waals surface area contributed by atoms with Crippen molar-refractivity contribution in [3.05, 3.63) is 86.8 Å². The number of hydrogen-bond acceptors (Lipinski definition) is 4. The molecule has 0 saturated heterocycles. The van der Waals surface area contributed by atoms with E-state index in [1.807, 2.05) is 6.07 Å². The summed E-state index contributed by atoms with van der Waals surface area (Å²) in [6.45, 7) is 1.74. The van der Waals surface area contributed by atoms with Crippen LogP contribution >= 0.6 is 11.6 Å². The van der Waals surface area contributed by atoms with Gasteiger partial charge in [-0.25, -0.2) is 4.79 Å². The third-order valence-electron chi connectivity index (χ3n) is 3.75. The van der Waals surface area contributed by atoms with E-state index in [1.54, 1.807) is 61.5 Å². The molecule has 0 fully saturated rings. The highest BCUT2D eigenvalue weighted by Crippen LogP contribution is 2.25. The number of aryl methyl sites for hydroxylation is 1. The van der Waals surface area contributed by atoms with Gasteiger partial charge in [0.05, 0.1) is 10.6 Å². The van der Waals surface area contributed by atoms with Gasteiger partial charge in [-0.15, -0.1) is 0 Å². The highest BCUT2D eigenvalue weighted by molar-refractivity contribution is 6.33. The molecule has 0 spiro atoms. The lowest BCUT2D eigenvalue weighted by Gasteiger charge is -2.08. The van der Waals surface area contributed by atoms with Crippen molar-refractivity contribution in [1.82, 2.24) is 4.98 Å². The summed E-state index contributed by atoms with van der Waals surface area (Å²) in [5.41, 5.74) is 1.73. The molecule has 0 amide bonds. The summed E-state index contributed by atoms with van der Waals surface area (Å²) in [5, 5.41) is 9.54. The van der Waals surface area contributed by atoms with Crippen molar-refractivity contribution in [2.45, 2.75) is 6.92 Å². The van der Waals surface area contributed by atoms with Gasteiger partial charge in [0.25, 0.3) is 5.56 Å². The second kappa shape index (κ2) is 7.26. The van der Waals surface area contributed by atoms with E-state index in [4.69, 9.17) is 16.3 Å². The number of hydrogen-bond donors (Lipinski definition) is 1. The lowest BCUT2D eigenvalue weighted by molar-refractivity contribution is 0.0735. The van der Waals surface area contributed by atoms with Crippen LogP contribution in [-0.4, -0.2) is 11.0 Å². The Labute approximate surface area is 154 Å². The summed E-state index contributed by atoms with van der Waals surface area (Å²) >= 11 is 5.99. The van der Waals surface area contributed by atoms with Gasteiger partial charge in [0.15, 0.2) is 0 Å². The number of aromatic nitrogens is 1. The smallest absolute Gasteiger partial charge is 0.345 e. The molecule has 128 valence electrons. The normalized spacial score (nSPS) is 10.2. The first-order chi connectivity index (χ1) is 12.5. The van der Waals surface area contributed by atoms with Crippen LogP contribution in [0.3, 0.4) is 0 Å². The summed E-state index contributed by atoms with van der Waals surface area (Å²) in [7, 11) is 0. The molecule has 5 nitrogen and oxygen atoms in total. The van der Waals surface area contributed by atoms with Crippen LogP contribution in [0.5, 0.6) is 5.75 Å². The van der Waals surface area contributed by atoms with Crippen molar-refractivity contribution in [2.75, 3.05) is 0 Å². The fourth-order valence-corrected chi connectivity index (χ4v) is 2.73. The first kappa shape index (κ1) is 17.5. The van der Waals surface area contributed by atoms with E-state index < -0.39 is 11.5 Å². The van der Waals surface area contributed by atoms with E-state index in [0.717, 1.165) is 0 Å². The van der Waals surface area contributed by atoms with Crippen LogP contribution in [0.1, 0.15) is 21.6 Å². The summed E-state index contributed by atoms with van der Waals surface area (Å²) in [5.74, 6) is -0.230. The van der Waals surface area contributed by atoms with Gasteiger partial charge < -0.3 is 9.72 Å². The lowest BCUT2D eigenvalue weighted by atomic mass is 10.0. The molecule has 0 aliphatic heterocycles. The number of nitrogens with one attached hydrogen (secondary N) is 1. The fraction of sp³-hybridized carbons (Fsp3) is 0.0500. The van der Waals surface area contributed by atoms with E-state index in [1.165, 1.54) is 0 Å². The SMILES string of the molecule is Cc1cc(-c2ccc(OC(=O)c3ccccc3Cl)cc2)c(C#N)c(=O)[nH]1. The third kappa shape index (κ3) is 3.51. The van der Waals surface area contributed by atoms with Crippen LogP contribution in [0.25, 0.3) is 11.1 Å². The quantitative estimate of drug-likeness (QED) is 0.560. The first-order valence-electron chi connectivity index (χ1n) is 7.71.